The van der Waals surface area contributed by atoms with E-state index < -0.39 is 0 Å². The molecule has 2 unspecified atom stereocenters. The van der Waals surface area contributed by atoms with Crippen molar-refractivity contribution >= 4 is 0 Å². The van der Waals surface area contributed by atoms with Crippen molar-refractivity contribution < 1.29 is 0 Å². The highest BCUT2D eigenvalue weighted by Gasteiger charge is 2.23. The minimum absolute atomic E-state index is 0.617. The Kier molecular flexibility index (Phi) is 5.80. The van der Waals surface area contributed by atoms with Gasteiger partial charge in [0.25, 0.3) is 0 Å². The molecule has 1 aliphatic heterocycles. The lowest BCUT2D eigenvalue weighted by molar-refractivity contribution is 0.157. The lowest BCUT2D eigenvalue weighted by atomic mass is 9.91. The lowest BCUT2D eigenvalue weighted by Gasteiger charge is -2.35. The van der Waals surface area contributed by atoms with Gasteiger partial charge in [0.15, 0.2) is 0 Å². The summed E-state index contributed by atoms with van der Waals surface area (Å²) in [6.45, 7) is 9.40. The highest BCUT2D eigenvalue weighted by molar-refractivity contribution is 5.08. The van der Waals surface area contributed by atoms with Crippen LogP contribution in [0.4, 0.5) is 0 Å². The van der Waals surface area contributed by atoms with Gasteiger partial charge in [0.05, 0.1) is 0 Å². The third-order valence-electron chi connectivity index (χ3n) is 4.30. The summed E-state index contributed by atoms with van der Waals surface area (Å²) in [5.41, 5.74) is 1.32. The quantitative estimate of drug-likeness (QED) is 0.852. The SMILES string of the molecule is CCN1CCCC(C(C)NCCc2cccnc2)C1. The van der Waals surface area contributed by atoms with Gasteiger partial charge in [0, 0.05) is 25.0 Å². The van der Waals surface area contributed by atoms with E-state index >= 15 is 0 Å². The van der Waals surface area contributed by atoms with Crippen LogP contribution in [-0.2, 0) is 6.42 Å². The molecule has 0 aliphatic carbocycles. The predicted molar refractivity (Wildman–Crippen MR) is 80.2 cm³/mol. The Morgan fingerprint density at radius 1 is 1.53 bits per heavy atom. The van der Waals surface area contributed by atoms with E-state index in [0.717, 1.165) is 18.9 Å². The molecule has 1 N–H and O–H groups in total. The number of aromatic nitrogens is 1. The molecule has 1 aliphatic rings. The van der Waals surface area contributed by atoms with E-state index in [1.165, 1.54) is 38.0 Å². The van der Waals surface area contributed by atoms with Gasteiger partial charge in [-0.1, -0.05) is 13.0 Å². The maximum atomic E-state index is 4.16. The molecule has 0 bridgehead atoms. The molecule has 2 heterocycles. The van der Waals surface area contributed by atoms with E-state index in [0.29, 0.717) is 6.04 Å². The Morgan fingerprint density at radius 3 is 3.16 bits per heavy atom. The summed E-state index contributed by atoms with van der Waals surface area (Å²) in [5.74, 6) is 0.808. The molecule has 0 radical (unpaired) electrons. The number of pyridine rings is 1. The average molecular weight is 261 g/mol. The second-order valence-corrected chi connectivity index (χ2v) is 5.65. The molecule has 1 aromatic heterocycles. The normalized spacial score (nSPS) is 22.3. The fraction of sp³-hybridized carbons (Fsp3) is 0.688. The maximum absolute atomic E-state index is 4.16. The Morgan fingerprint density at radius 2 is 2.42 bits per heavy atom. The molecule has 0 amide bonds. The number of piperidine rings is 1. The molecule has 3 heteroatoms. The molecule has 106 valence electrons. The first-order valence-corrected chi connectivity index (χ1v) is 7.64. The number of likely N-dealkylation sites (tertiary alicyclic amines) is 1. The smallest absolute Gasteiger partial charge is 0.0300 e. The fourth-order valence-electron chi connectivity index (χ4n) is 2.94. The molecule has 0 spiro atoms. The largest absolute Gasteiger partial charge is 0.314 e. The standard InChI is InChI=1S/C16H27N3/c1-3-19-11-5-7-16(13-19)14(2)18-10-8-15-6-4-9-17-12-15/h4,6,9,12,14,16,18H,3,5,7-8,10-11,13H2,1-2H3. The zero-order valence-corrected chi connectivity index (χ0v) is 12.3. The van der Waals surface area contributed by atoms with Crippen LogP contribution in [0, 0.1) is 5.92 Å². The summed E-state index contributed by atoms with van der Waals surface area (Å²) < 4.78 is 0. The van der Waals surface area contributed by atoms with Crippen molar-refractivity contribution in [3.8, 4) is 0 Å². The monoisotopic (exact) mass is 261 g/mol. The van der Waals surface area contributed by atoms with Crippen molar-refractivity contribution in [3.05, 3.63) is 30.1 Å². The minimum atomic E-state index is 0.617. The van der Waals surface area contributed by atoms with Gasteiger partial charge in [-0.25, -0.2) is 0 Å². The minimum Gasteiger partial charge on any atom is -0.314 e. The van der Waals surface area contributed by atoms with Crippen LogP contribution < -0.4 is 5.32 Å². The van der Waals surface area contributed by atoms with Crippen molar-refractivity contribution in [1.29, 1.82) is 0 Å². The van der Waals surface area contributed by atoms with Crippen molar-refractivity contribution in [1.82, 2.24) is 15.2 Å². The highest BCUT2D eigenvalue weighted by atomic mass is 15.1. The predicted octanol–water partition coefficient (Wildman–Crippen LogP) is 2.33. The molecular weight excluding hydrogens is 234 g/mol. The van der Waals surface area contributed by atoms with Crippen molar-refractivity contribution in [2.24, 2.45) is 5.92 Å². The summed E-state index contributed by atoms with van der Waals surface area (Å²) in [4.78, 5) is 6.74. The Hall–Kier alpha value is -0.930. The molecule has 2 atom stereocenters. The highest BCUT2D eigenvalue weighted by Crippen LogP contribution is 2.19. The first-order chi connectivity index (χ1) is 9.29. The summed E-state index contributed by atoms with van der Waals surface area (Å²) in [6.07, 6.45) is 7.60. The molecule has 19 heavy (non-hydrogen) atoms. The van der Waals surface area contributed by atoms with Crippen LogP contribution in [0.1, 0.15) is 32.3 Å². The van der Waals surface area contributed by atoms with E-state index in [4.69, 9.17) is 0 Å². The van der Waals surface area contributed by atoms with E-state index in [1.54, 1.807) is 0 Å². The number of hydrogen-bond donors (Lipinski definition) is 1. The van der Waals surface area contributed by atoms with Gasteiger partial charge < -0.3 is 10.2 Å². The van der Waals surface area contributed by atoms with Gasteiger partial charge in [-0.2, -0.15) is 0 Å². The van der Waals surface area contributed by atoms with Crippen LogP contribution in [0.25, 0.3) is 0 Å². The summed E-state index contributed by atoms with van der Waals surface area (Å²) >= 11 is 0. The fourth-order valence-corrected chi connectivity index (χ4v) is 2.94. The van der Waals surface area contributed by atoms with E-state index in [9.17, 15) is 0 Å². The molecule has 2 rings (SSSR count). The van der Waals surface area contributed by atoms with Gasteiger partial charge in [-0.15, -0.1) is 0 Å². The first kappa shape index (κ1) is 14.5. The van der Waals surface area contributed by atoms with Gasteiger partial charge in [-0.05, 0) is 63.4 Å². The summed E-state index contributed by atoms with van der Waals surface area (Å²) in [7, 11) is 0. The van der Waals surface area contributed by atoms with Crippen molar-refractivity contribution in [2.45, 2.75) is 39.2 Å². The van der Waals surface area contributed by atoms with Gasteiger partial charge in [0.2, 0.25) is 0 Å². The second-order valence-electron chi connectivity index (χ2n) is 5.65. The Balaban J connectivity index is 1.70. The molecule has 1 aromatic rings. The van der Waals surface area contributed by atoms with Crippen LogP contribution >= 0.6 is 0 Å². The van der Waals surface area contributed by atoms with Crippen LogP contribution in [0.3, 0.4) is 0 Å². The van der Waals surface area contributed by atoms with Crippen LogP contribution in [-0.4, -0.2) is 42.1 Å². The Labute approximate surface area is 117 Å². The van der Waals surface area contributed by atoms with Crippen molar-refractivity contribution in [2.75, 3.05) is 26.2 Å². The topological polar surface area (TPSA) is 28.2 Å². The summed E-state index contributed by atoms with van der Waals surface area (Å²) in [5, 5.41) is 3.69. The third-order valence-corrected chi connectivity index (χ3v) is 4.30. The van der Waals surface area contributed by atoms with E-state index in [1.807, 2.05) is 18.5 Å². The van der Waals surface area contributed by atoms with Gasteiger partial charge in [-0.3, -0.25) is 4.98 Å². The molecule has 0 aromatic carbocycles. The second kappa shape index (κ2) is 7.61. The van der Waals surface area contributed by atoms with Gasteiger partial charge >= 0.3 is 0 Å². The molecule has 0 saturated carbocycles. The molecule has 1 saturated heterocycles. The van der Waals surface area contributed by atoms with E-state index in [-0.39, 0.29) is 0 Å². The zero-order chi connectivity index (χ0) is 13.5. The summed E-state index contributed by atoms with van der Waals surface area (Å²) in [6, 6.07) is 4.78. The van der Waals surface area contributed by atoms with Crippen LogP contribution in [0.2, 0.25) is 0 Å². The number of hydrogen-bond acceptors (Lipinski definition) is 3. The Bertz CT molecular complexity index is 352. The number of rotatable bonds is 6. The van der Waals surface area contributed by atoms with E-state index in [2.05, 4.69) is 35.1 Å². The number of nitrogens with one attached hydrogen (secondary N) is 1. The number of nitrogens with zero attached hydrogens (tertiary/aromatic N) is 2. The molecule has 3 nitrogen and oxygen atoms in total. The first-order valence-electron chi connectivity index (χ1n) is 7.64. The van der Waals surface area contributed by atoms with Crippen molar-refractivity contribution in [3.63, 3.8) is 0 Å². The third kappa shape index (κ3) is 4.59. The molecule has 1 fully saturated rings. The maximum Gasteiger partial charge on any atom is 0.0300 e. The lowest BCUT2D eigenvalue weighted by Crippen LogP contribution is -2.44. The van der Waals surface area contributed by atoms with Gasteiger partial charge in [0.1, 0.15) is 0 Å². The van der Waals surface area contributed by atoms with Crippen LogP contribution in [0.5, 0.6) is 0 Å². The van der Waals surface area contributed by atoms with Crippen LogP contribution in [0.15, 0.2) is 24.5 Å². The zero-order valence-electron chi connectivity index (χ0n) is 12.3. The molecular formula is C16H27N3. The average Bonchev–Trinajstić information content (AvgIpc) is 2.48.